The number of carbonyl (C=O) groups excluding carboxylic acids is 2. The van der Waals surface area contributed by atoms with Gasteiger partial charge in [-0.1, -0.05) is 30.0 Å². The lowest BCUT2D eigenvalue weighted by Gasteiger charge is -2.04. The average Bonchev–Trinajstić information content (AvgIpc) is 3.50. The molecule has 0 spiro atoms. The van der Waals surface area contributed by atoms with Gasteiger partial charge in [0.25, 0.3) is 5.91 Å². The molecule has 0 saturated carbocycles. The molecule has 0 aliphatic carbocycles. The van der Waals surface area contributed by atoms with Crippen molar-refractivity contribution in [3.05, 3.63) is 72.1 Å². The van der Waals surface area contributed by atoms with Crippen LogP contribution in [0.15, 0.2) is 59.1 Å². The number of carbonyl (C=O) groups is 2. The Morgan fingerprint density at radius 1 is 1.03 bits per heavy atom. The number of hydrogen-bond donors (Lipinski definition) is 2. The second kappa shape index (κ2) is 11.7. The van der Waals surface area contributed by atoms with Crippen LogP contribution < -0.4 is 15.4 Å². The summed E-state index contributed by atoms with van der Waals surface area (Å²) in [6.45, 7) is 2.32. The third kappa shape index (κ3) is 6.64. The van der Waals surface area contributed by atoms with Crippen molar-refractivity contribution in [3.8, 4) is 11.4 Å². The van der Waals surface area contributed by atoms with Crippen LogP contribution >= 0.6 is 23.1 Å². The zero-order valence-corrected chi connectivity index (χ0v) is 20.5. The maximum Gasteiger partial charge on any atom is 0.281 e. The van der Waals surface area contributed by atoms with Crippen molar-refractivity contribution < 1.29 is 23.1 Å². The Labute approximate surface area is 212 Å². The third-order valence-electron chi connectivity index (χ3n) is 4.53. The fraction of sp³-hybridized carbons (Fsp3) is 0.174. The summed E-state index contributed by atoms with van der Waals surface area (Å²) in [6.07, 6.45) is 2.29. The molecule has 0 radical (unpaired) electrons. The molecular weight excluding hydrogens is 510 g/mol. The van der Waals surface area contributed by atoms with E-state index >= 15 is 0 Å². The number of amides is 2. The van der Waals surface area contributed by atoms with Gasteiger partial charge >= 0.3 is 0 Å². The van der Waals surface area contributed by atoms with Crippen molar-refractivity contribution in [1.82, 2.24) is 20.0 Å². The Morgan fingerprint density at radius 2 is 1.72 bits per heavy atom. The van der Waals surface area contributed by atoms with Crippen molar-refractivity contribution in [2.24, 2.45) is 0 Å². The molecule has 2 aromatic carbocycles. The van der Waals surface area contributed by atoms with E-state index in [9.17, 15) is 18.4 Å². The van der Waals surface area contributed by atoms with Gasteiger partial charge < -0.3 is 10.1 Å². The summed E-state index contributed by atoms with van der Waals surface area (Å²) >= 11 is 2.24. The van der Waals surface area contributed by atoms with Gasteiger partial charge in [-0.2, -0.15) is 5.10 Å². The van der Waals surface area contributed by atoms with Crippen LogP contribution in [-0.4, -0.2) is 44.2 Å². The first kappa shape index (κ1) is 25.3. The molecule has 0 atom stereocenters. The number of thioether (sulfide) groups is 1. The number of halogens is 2. The van der Waals surface area contributed by atoms with Gasteiger partial charge in [-0.15, -0.1) is 10.2 Å². The highest BCUT2D eigenvalue weighted by Gasteiger charge is 2.21. The number of ether oxygens (including phenoxy) is 1. The van der Waals surface area contributed by atoms with Gasteiger partial charge in [-0.3, -0.25) is 14.9 Å². The maximum absolute atomic E-state index is 13.3. The maximum atomic E-state index is 13.3. The molecule has 186 valence electrons. The first-order chi connectivity index (χ1) is 17.4. The molecule has 0 fully saturated rings. The molecule has 0 aliphatic rings. The Bertz CT molecular complexity index is 1340. The largest absolute Gasteiger partial charge is 0.489 e. The molecule has 0 bridgehead atoms. The lowest BCUT2D eigenvalue weighted by atomic mass is 10.3. The molecule has 2 N–H and O–H groups in total. The second-order valence-electron chi connectivity index (χ2n) is 7.28. The van der Waals surface area contributed by atoms with E-state index in [0.29, 0.717) is 22.3 Å². The SMILES string of the molecule is CCCOc1cn(-c2ccc(F)cc2)nc1C(=O)Nc1nnc(SCC(=O)Nc2ccc(F)cc2)s1. The highest BCUT2D eigenvalue weighted by Crippen LogP contribution is 2.27. The molecule has 4 aromatic rings. The van der Waals surface area contributed by atoms with Crippen molar-refractivity contribution in [1.29, 1.82) is 0 Å². The number of rotatable bonds is 10. The van der Waals surface area contributed by atoms with Crippen molar-refractivity contribution in [2.75, 3.05) is 23.0 Å². The molecule has 2 amide bonds. The fourth-order valence-electron chi connectivity index (χ4n) is 2.89. The predicted molar refractivity (Wildman–Crippen MR) is 133 cm³/mol. The predicted octanol–water partition coefficient (Wildman–Crippen LogP) is 4.77. The zero-order chi connectivity index (χ0) is 25.5. The van der Waals surface area contributed by atoms with Gasteiger partial charge in [-0.05, 0) is 55.0 Å². The molecule has 2 aromatic heterocycles. The molecule has 0 unspecified atom stereocenters. The number of aromatic nitrogens is 4. The summed E-state index contributed by atoms with van der Waals surface area (Å²) < 4.78 is 33.8. The molecule has 0 aliphatic heterocycles. The van der Waals surface area contributed by atoms with Gasteiger partial charge in [0.05, 0.1) is 24.2 Å². The number of nitrogens with one attached hydrogen (secondary N) is 2. The molecule has 2 heterocycles. The fourth-order valence-corrected chi connectivity index (χ4v) is 4.44. The quantitative estimate of drug-likeness (QED) is 0.224. The molecule has 4 rings (SSSR count). The Kier molecular flexibility index (Phi) is 8.23. The van der Waals surface area contributed by atoms with Crippen molar-refractivity contribution in [2.45, 2.75) is 17.7 Å². The summed E-state index contributed by atoms with van der Waals surface area (Å²) in [6, 6.07) is 11.1. The first-order valence-electron chi connectivity index (χ1n) is 10.7. The van der Waals surface area contributed by atoms with Crippen molar-refractivity contribution >= 4 is 45.7 Å². The number of hydrogen-bond acceptors (Lipinski definition) is 8. The van der Waals surface area contributed by atoms with Gasteiger partial charge in [0.2, 0.25) is 11.0 Å². The van der Waals surface area contributed by atoms with Crippen LogP contribution in [0.5, 0.6) is 5.75 Å². The monoisotopic (exact) mass is 530 g/mol. The minimum Gasteiger partial charge on any atom is -0.489 e. The molecule has 36 heavy (non-hydrogen) atoms. The van der Waals surface area contributed by atoms with E-state index < -0.39 is 11.7 Å². The van der Waals surface area contributed by atoms with Gasteiger partial charge in [-0.25, -0.2) is 13.5 Å². The van der Waals surface area contributed by atoms with Crippen LogP contribution in [0.1, 0.15) is 23.8 Å². The Hall–Kier alpha value is -3.84. The van der Waals surface area contributed by atoms with Crippen LogP contribution in [0.3, 0.4) is 0 Å². The second-order valence-corrected chi connectivity index (χ2v) is 9.48. The van der Waals surface area contributed by atoms with E-state index in [2.05, 4.69) is 25.9 Å². The van der Waals surface area contributed by atoms with E-state index in [1.54, 1.807) is 6.20 Å². The lowest BCUT2D eigenvalue weighted by Crippen LogP contribution is -2.14. The Morgan fingerprint density at radius 3 is 2.42 bits per heavy atom. The van der Waals surface area contributed by atoms with Crippen LogP contribution in [0, 0.1) is 11.6 Å². The van der Waals surface area contributed by atoms with Crippen LogP contribution in [0.2, 0.25) is 0 Å². The zero-order valence-electron chi connectivity index (χ0n) is 18.9. The molecule has 9 nitrogen and oxygen atoms in total. The Balaban J connectivity index is 1.39. The van der Waals surface area contributed by atoms with E-state index in [1.807, 2.05) is 6.92 Å². The van der Waals surface area contributed by atoms with E-state index in [-0.39, 0.29) is 34.1 Å². The highest BCUT2D eigenvalue weighted by molar-refractivity contribution is 8.01. The van der Waals surface area contributed by atoms with Gasteiger partial charge in [0, 0.05) is 5.69 Å². The average molecular weight is 531 g/mol. The summed E-state index contributed by atoms with van der Waals surface area (Å²) in [4.78, 5) is 25.0. The first-order valence-corrected chi connectivity index (χ1v) is 12.5. The lowest BCUT2D eigenvalue weighted by molar-refractivity contribution is -0.113. The smallest absolute Gasteiger partial charge is 0.281 e. The van der Waals surface area contributed by atoms with Crippen LogP contribution in [-0.2, 0) is 4.79 Å². The standard InChI is InChI=1S/C23H20F2N6O3S2/c1-2-11-34-18-12-31(17-9-5-15(25)6-10-17)30-20(18)21(33)27-22-28-29-23(36-22)35-13-19(32)26-16-7-3-14(24)4-8-16/h3-10,12H,2,11,13H2,1H3,(H,26,32)(H,27,28,33). The molecule has 13 heteroatoms. The number of anilines is 2. The van der Waals surface area contributed by atoms with E-state index in [0.717, 1.165) is 29.5 Å². The summed E-state index contributed by atoms with van der Waals surface area (Å²) in [5, 5.41) is 17.8. The van der Waals surface area contributed by atoms with E-state index in [4.69, 9.17) is 4.74 Å². The van der Waals surface area contributed by atoms with Gasteiger partial charge in [0.15, 0.2) is 15.8 Å². The van der Waals surface area contributed by atoms with Crippen molar-refractivity contribution in [3.63, 3.8) is 0 Å². The summed E-state index contributed by atoms with van der Waals surface area (Å²) in [7, 11) is 0. The molecule has 0 saturated heterocycles. The minimum atomic E-state index is -0.552. The third-order valence-corrected chi connectivity index (χ3v) is 6.50. The minimum absolute atomic E-state index is 0.0378. The number of nitrogens with zero attached hydrogens (tertiary/aromatic N) is 4. The number of benzene rings is 2. The normalized spacial score (nSPS) is 10.8. The summed E-state index contributed by atoms with van der Waals surface area (Å²) in [5.41, 5.74) is 1.08. The highest BCUT2D eigenvalue weighted by atomic mass is 32.2. The van der Waals surface area contributed by atoms with Crippen LogP contribution in [0.4, 0.5) is 19.6 Å². The molecular formula is C23H20F2N6O3S2. The van der Waals surface area contributed by atoms with Crippen LogP contribution in [0.25, 0.3) is 5.69 Å². The van der Waals surface area contributed by atoms with Gasteiger partial charge in [0.1, 0.15) is 11.6 Å². The van der Waals surface area contributed by atoms with E-state index in [1.165, 1.54) is 53.2 Å². The summed E-state index contributed by atoms with van der Waals surface area (Å²) in [5.74, 6) is -1.30. The topological polar surface area (TPSA) is 111 Å².